The van der Waals surface area contributed by atoms with Crippen molar-refractivity contribution < 1.29 is 14.3 Å². The highest BCUT2D eigenvalue weighted by atomic mass is 127. The van der Waals surface area contributed by atoms with E-state index >= 15 is 0 Å². The molecule has 0 aliphatic carbocycles. The molecule has 0 saturated carbocycles. The Bertz CT molecular complexity index is 632. The number of carbonyl (C=O) groups is 1. The fourth-order valence-electron chi connectivity index (χ4n) is 4.60. The molecule has 2 atom stereocenters. The average Bonchev–Trinajstić information content (AvgIpc) is 3.33. The maximum Gasteiger partial charge on any atom is 0.410 e. The third-order valence-corrected chi connectivity index (χ3v) is 7.43. The summed E-state index contributed by atoms with van der Waals surface area (Å²) < 4.78 is 11.1. The molecule has 0 spiro atoms. The minimum Gasteiger partial charge on any atom is -0.444 e. The van der Waals surface area contributed by atoms with E-state index in [4.69, 9.17) is 14.5 Å². The van der Waals surface area contributed by atoms with Crippen molar-refractivity contribution in [3.8, 4) is 0 Å². The van der Waals surface area contributed by atoms with E-state index < -0.39 is 5.60 Å². The minimum atomic E-state index is -0.458. The van der Waals surface area contributed by atoms with E-state index in [9.17, 15) is 4.79 Å². The fraction of sp³-hybridized carbons (Fsp3) is 0.900. The number of nitrogens with zero attached hydrogens (tertiary/aromatic N) is 4. The lowest BCUT2D eigenvalue weighted by Gasteiger charge is -2.44. The second kappa shape index (κ2) is 9.99. The van der Waals surface area contributed by atoms with Crippen molar-refractivity contribution in [2.75, 3.05) is 70.5 Å². The van der Waals surface area contributed by atoms with Gasteiger partial charge in [0.1, 0.15) is 5.60 Å². The number of morpholine rings is 1. The number of guanidine groups is 1. The molecule has 0 bridgehead atoms. The number of halogens is 1. The molecule has 1 N–H and O–H groups in total. The lowest BCUT2D eigenvalue weighted by Crippen LogP contribution is -2.62. The maximum atomic E-state index is 12.4. The monoisotopic (exact) mass is 553 g/mol. The second-order valence-electron chi connectivity index (χ2n) is 9.42. The number of ether oxygens (including phenoxy) is 2. The van der Waals surface area contributed by atoms with Crippen molar-refractivity contribution in [2.24, 2.45) is 4.99 Å². The largest absolute Gasteiger partial charge is 0.444 e. The van der Waals surface area contributed by atoms with Crippen LogP contribution in [-0.2, 0) is 9.47 Å². The highest BCUT2D eigenvalue weighted by Crippen LogP contribution is 2.34. The molecule has 4 heterocycles. The summed E-state index contributed by atoms with van der Waals surface area (Å²) in [5.41, 5.74) is -0.256. The summed E-state index contributed by atoms with van der Waals surface area (Å²) in [5, 5.41) is 3.69. The number of fused-ring (bicyclic) bond motifs is 1. The molecule has 10 heteroatoms. The van der Waals surface area contributed by atoms with E-state index in [1.165, 1.54) is 17.9 Å². The summed E-state index contributed by atoms with van der Waals surface area (Å²) in [6, 6.07) is 0.246. The van der Waals surface area contributed by atoms with Crippen LogP contribution < -0.4 is 5.32 Å². The fourth-order valence-corrected chi connectivity index (χ4v) is 6.08. The average molecular weight is 554 g/mol. The van der Waals surface area contributed by atoms with Crippen LogP contribution in [0.5, 0.6) is 0 Å². The Morgan fingerprint density at radius 1 is 1.30 bits per heavy atom. The van der Waals surface area contributed by atoms with E-state index in [2.05, 4.69) is 26.9 Å². The Hall–Kier alpha value is -0.460. The van der Waals surface area contributed by atoms with Gasteiger partial charge in [-0.3, -0.25) is 9.89 Å². The van der Waals surface area contributed by atoms with Crippen LogP contribution in [0.4, 0.5) is 4.79 Å². The number of amides is 1. The van der Waals surface area contributed by atoms with Crippen LogP contribution in [0.2, 0.25) is 0 Å². The molecule has 0 aromatic rings. The van der Waals surface area contributed by atoms with Gasteiger partial charge < -0.3 is 24.6 Å². The molecular weight excluding hydrogens is 517 g/mol. The van der Waals surface area contributed by atoms with Gasteiger partial charge in [0.05, 0.1) is 25.8 Å². The smallest absolute Gasteiger partial charge is 0.410 e. The normalized spacial score (nSPS) is 29.8. The van der Waals surface area contributed by atoms with E-state index in [0.717, 1.165) is 51.9 Å². The van der Waals surface area contributed by atoms with Gasteiger partial charge in [-0.1, -0.05) is 0 Å². The first kappa shape index (κ1) is 24.2. The highest BCUT2D eigenvalue weighted by molar-refractivity contribution is 14.0. The lowest BCUT2D eigenvalue weighted by atomic mass is 9.95. The van der Waals surface area contributed by atoms with Gasteiger partial charge in [-0.2, -0.15) is 11.8 Å². The molecule has 172 valence electrons. The first-order valence-corrected chi connectivity index (χ1v) is 12.0. The zero-order valence-electron chi connectivity index (χ0n) is 18.4. The van der Waals surface area contributed by atoms with Gasteiger partial charge in [0.25, 0.3) is 0 Å². The zero-order chi connectivity index (χ0) is 20.5. The van der Waals surface area contributed by atoms with E-state index in [0.29, 0.717) is 13.1 Å². The summed E-state index contributed by atoms with van der Waals surface area (Å²) in [6.45, 7) is 13.3. The Morgan fingerprint density at radius 3 is 2.73 bits per heavy atom. The van der Waals surface area contributed by atoms with Crippen LogP contribution >= 0.6 is 35.7 Å². The number of aliphatic imine (C=N–C) groups is 1. The molecule has 3 saturated heterocycles. The zero-order valence-corrected chi connectivity index (χ0v) is 21.5. The number of carbonyl (C=O) groups excluding carboxylic acids is 1. The molecular formula is C20H36IN5O3S. The summed E-state index contributed by atoms with van der Waals surface area (Å²) in [6.07, 6.45) is 1.00. The third kappa shape index (κ3) is 5.47. The highest BCUT2D eigenvalue weighted by Gasteiger charge is 2.42. The van der Waals surface area contributed by atoms with Gasteiger partial charge in [0, 0.05) is 50.6 Å². The van der Waals surface area contributed by atoms with Gasteiger partial charge in [0.15, 0.2) is 5.96 Å². The summed E-state index contributed by atoms with van der Waals surface area (Å²) in [7, 11) is 0. The van der Waals surface area contributed by atoms with Gasteiger partial charge >= 0.3 is 6.09 Å². The quantitative estimate of drug-likeness (QED) is 0.534. The van der Waals surface area contributed by atoms with Gasteiger partial charge in [0.2, 0.25) is 0 Å². The molecule has 30 heavy (non-hydrogen) atoms. The maximum absolute atomic E-state index is 12.4. The Balaban J connectivity index is 0.00000256. The van der Waals surface area contributed by atoms with Crippen molar-refractivity contribution >= 4 is 47.8 Å². The molecule has 4 aliphatic heterocycles. The van der Waals surface area contributed by atoms with Crippen LogP contribution in [0.1, 0.15) is 27.2 Å². The van der Waals surface area contributed by atoms with E-state index in [1.807, 2.05) is 25.7 Å². The molecule has 0 radical (unpaired) electrons. The first-order valence-electron chi connectivity index (χ1n) is 10.8. The number of thioether (sulfide) groups is 1. The Kier molecular flexibility index (Phi) is 8.06. The predicted molar refractivity (Wildman–Crippen MR) is 131 cm³/mol. The number of piperazine rings is 1. The molecule has 3 fully saturated rings. The van der Waals surface area contributed by atoms with Crippen molar-refractivity contribution in [1.29, 1.82) is 0 Å². The van der Waals surface area contributed by atoms with Crippen molar-refractivity contribution in [3.63, 3.8) is 0 Å². The number of rotatable bonds is 3. The standard InChI is InChI=1S/C20H35N5O3S.HI/c1-19(2,3)28-18(26)23-5-6-25-16(13-23)12-21-17(25)22-14-20(4-11-29-15-20)24-7-9-27-10-8-24;/h16H,4-15H2,1-3H3,(H,21,22);1H. The number of nitrogens with one attached hydrogen (secondary N) is 1. The van der Waals surface area contributed by atoms with E-state index in [1.54, 1.807) is 0 Å². The number of hydrogen-bond acceptors (Lipinski definition) is 8. The van der Waals surface area contributed by atoms with E-state index in [-0.39, 0.29) is 41.7 Å². The molecule has 4 rings (SSSR count). The second-order valence-corrected chi connectivity index (χ2v) is 10.5. The van der Waals surface area contributed by atoms with Crippen molar-refractivity contribution in [1.82, 2.24) is 20.0 Å². The van der Waals surface area contributed by atoms with Crippen LogP contribution in [0.25, 0.3) is 0 Å². The molecule has 0 aromatic heterocycles. The van der Waals surface area contributed by atoms with Crippen LogP contribution in [0, 0.1) is 0 Å². The van der Waals surface area contributed by atoms with Gasteiger partial charge in [-0.05, 0) is 32.9 Å². The minimum absolute atomic E-state index is 0. The van der Waals surface area contributed by atoms with Crippen molar-refractivity contribution in [3.05, 3.63) is 0 Å². The van der Waals surface area contributed by atoms with Crippen LogP contribution in [-0.4, -0.2) is 114 Å². The summed E-state index contributed by atoms with van der Waals surface area (Å²) in [4.78, 5) is 24.0. The molecule has 2 unspecified atom stereocenters. The topological polar surface area (TPSA) is 69.6 Å². The van der Waals surface area contributed by atoms with Crippen LogP contribution in [0.15, 0.2) is 4.99 Å². The Morgan fingerprint density at radius 2 is 2.07 bits per heavy atom. The number of hydrogen-bond donors (Lipinski definition) is 1. The predicted octanol–water partition coefficient (Wildman–Crippen LogP) is 1.69. The van der Waals surface area contributed by atoms with Gasteiger partial charge in [-0.15, -0.1) is 24.0 Å². The van der Waals surface area contributed by atoms with Crippen LogP contribution in [0.3, 0.4) is 0 Å². The third-order valence-electron chi connectivity index (χ3n) is 6.20. The molecule has 4 aliphatic rings. The summed E-state index contributed by atoms with van der Waals surface area (Å²) in [5.74, 6) is 3.40. The Labute approximate surface area is 201 Å². The SMILES string of the molecule is CC(C)(C)OC(=O)N1CCN2C(NCC3(N4CCOCC4)CCSC3)=NCC2C1.I. The molecule has 1 amide bonds. The molecule has 8 nitrogen and oxygen atoms in total. The summed E-state index contributed by atoms with van der Waals surface area (Å²) >= 11 is 2.05. The van der Waals surface area contributed by atoms with Gasteiger partial charge in [-0.25, -0.2) is 4.79 Å². The molecule has 0 aromatic carbocycles. The first-order chi connectivity index (χ1) is 13.9. The van der Waals surface area contributed by atoms with Crippen molar-refractivity contribution in [2.45, 2.75) is 44.4 Å². The lowest BCUT2D eigenvalue weighted by molar-refractivity contribution is -0.0123.